The lowest BCUT2D eigenvalue weighted by molar-refractivity contribution is -0.134. The second-order valence-electron chi connectivity index (χ2n) is 7.73. The van der Waals surface area contributed by atoms with Crippen LogP contribution >= 0.6 is 24.8 Å². The summed E-state index contributed by atoms with van der Waals surface area (Å²) in [5.74, 6) is 1.44. The normalized spacial score (nSPS) is 16.5. The zero-order chi connectivity index (χ0) is 18.9. The number of amides is 1. The molecule has 3 heterocycles. The maximum atomic E-state index is 12.2. The molecule has 1 aromatic carbocycles. The number of likely N-dealkylation sites (tertiary alicyclic amines) is 1. The van der Waals surface area contributed by atoms with Gasteiger partial charge in [0.1, 0.15) is 11.9 Å². The molecule has 0 atom stereocenters. The number of aromatic nitrogens is 2. The fourth-order valence-electron chi connectivity index (χ4n) is 3.84. The third-order valence-corrected chi connectivity index (χ3v) is 5.66. The maximum absolute atomic E-state index is 12.2. The van der Waals surface area contributed by atoms with Gasteiger partial charge in [-0.05, 0) is 42.5 Å². The molecular formula is C23H25Cl2N3O2. The molecule has 1 amide bonds. The van der Waals surface area contributed by atoms with Crippen molar-refractivity contribution in [1.82, 2.24) is 14.9 Å². The van der Waals surface area contributed by atoms with E-state index in [2.05, 4.69) is 28.2 Å². The van der Waals surface area contributed by atoms with Gasteiger partial charge < -0.3 is 9.64 Å². The first kappa shape index (κ1) is 22.3. The number of nitrogens with zero attached hydrogens (tertiary/aromatic N) is 3. The molecule has 5 rings (SSSR count). The minimum Gasteiger partial charge on any atom is -0.489 e. The van der Waals surface area contributed by atoms with E-state index < -0.39 is 0 Å². The van der Waals surface area contributed by atoms with E-state index in [1.807, 2.05) is 29.3 Å². The Morgan fingerprint density at radius 3 is 2.43 bits per heavy atom. The Morgan fingerprint density at radius 2 is 1.73 bits per heavy atom. The van der Waals surface area contributed by atoms with Gasteiger partial charge in [-0.25, -0.2) is 0 Å². The summed E-state index contributed by atoms with van der Waals surface area (Å²) in [4.78, 5) is 22.9. The summed E-state index contributed by atoms with van der Waals surface area (Å²) < 4.78 is 6.11. The highest BCUT2D eigenvalue weighted by molar-refractivity contribution is 5.86. The molecule has 1 aliphatic heterocycles. The van der Waals surface area contributed by atoms with Gasteiger partial charge in [0.05, 0.1) is 11.9 Å². The van der Waals surface area contributed by atoms with Crippen molar-refractivity contribution in [2.24, 2.45) is 5.92 Å². The number of carbonyl (C=O) groups is 1. The molecule has 0 radical (unpaired) electrons. The molecule has 0 bridgehead atoms. The minimum absolute atomic E-state index is 0. The van der Waals surface area contributed by atoms with Crippen molar-refractivity contribution in [2.75, 3.05) is 13.1 Å². The number of carbonyl (C=O) groups excluding carboxylic acids is 1. The second kappa shape index (κ2) is 9.63. The van der Waals surface area contributed by atoms with E-state index in [1.165, 1.54) is 0 Å². The van der Waals surface area contributed by atoms with Gasteiger partial charge in [-0.1, -0.05) is 12.1 Å². The first-order chi connectivity index (χ1) is 13.8. The predicted octanol–water partition coefficient (Wildman–Crippen LogP) is 4.92. The molecule has 2 fully saturated rings. The number of rotatable bonds is 4. The second-order valence-corrected chi connectivity index (χ2v) is 7.73. The van der Waals surface area contributed by atoms with E-state index in [1.54, 1.807) is 12.4 Å². The van der Waals surface area contributed by atoms with Crippen LogP contribution in [0.4, 0.5) is 0 Å². The number of piperidine rings is 1. The van der Waals surface area contributed by atoms with Crippen molar-refractivity contribution in [3.63, 3.8) is 0 Å². The first-order valence-electron chi connectivity index (χ1n) is 10.0. The number of hydrogen-bond acceptors (Lipinski definition) is 4. The van der Waals surface area contributed by atoms with E-state index in [0.717, 1.165) is 66.6 Å². The van der Waals surface area contributed by atoms with Gasteiger partial charge in [-0.2, -0.15) is 0 Å². The fourth-order valence-corrected chi connectivity index (χ4v) is 3.84. The number of pyridine rings is 2. The Morgan fingerprint density at radius 1 is 0.933 bits per heavy atom. The summed E-state index contributed by atoms with van der Waals surface area (Å²) in [6.07, 6.45) is 9.55. The zero-order valence-corrected chi connectivity index (χ0v) is 18.2. The van der Waals surface area contributed by atoms with Crippen LogP contribution in [0, 0.1) is 5.92 Å². The zero-order valence-electron chi connectivity index (χ0n) is 16.6. The number of fused-ring (bicyclic) bond motifs is 1. The van der Waals surface area contributed by atoms with E-state index in [-0.39, 0.29) is 30.9 Å². The van der Waals surface area contributed by atoms with Crippen LogP contribution in [0.15, 0.2) is 55.0 Å². The van der Waals surface area contributed by atoms with Crippen molar-refractivity contribution >= 4 is 41.5 Å². The third-order valence-electron chi connectivity index (χ3n) is 5.66. The lowest BCUT2D eigenvalue weighted by Crippen LogP contribution is -2.42. The Labute approximate surface area is 188 Å². The van der Waals surface area contributed by atoms with Crippen molar-refractivity contribution in [3.05, 3.63) is 55.0 Å². The summed E-state index contributed by atoms with van der Waals surface area (Å²) >= 11 is 0. The monoisotopic (exact) mass is 445 g/mol. The van der Waals surface area contributed by atoms with Crippen LogP contribution in [-0.4, -0.2) is 40.0 Å². The van der Waals surface area contributed by atoms with Crippen molar-refractivity contribution in [3.8, 4) is 17.0 Å². The van der Waals surface area contributed by atoms with Gasteiger partial charge in [0.15, 0.2) is 0 Å². The van der Waals surface area contributed by atoms with Gasteiger partial charge in [0.25, 0.3) is 0 Å². The molecule has 1 saturated carbocycles. The molecule has 0 spiro atoms. The molecule has 5 nitrogen and oxygen atoms in total. The lowest BCUT2D eigenvalue weighted by Gasteiger charge is -2.32. The number of ether oxygens (including phenoxy) is 1. The quantitative estimate of drug-likeness (QED) is 0.571. The van der Waals surface area contributed by atoms with E-state index >= 15 is 0 Å². The van der Waals surface area contributed by atoms with Crippen molar-refractivity contribution < 1.29 is 9.53 Å². The van der Waals surface area contributed by atoms with Crippen molar-refractivity contribution in [2.45, 2.75) is 31.8 Å². The Bertz CT molecular complexity index is 1000. The van der Waals surface area contributed by atoms with Crippen LogP contribution in [0.3, 0.4) is 0 Å². The number of halogens is 2. The molecular weight excluding hydrogens is 421 g/mol. The molecule has 2 aliphatic rings. The Kier molecular flexibility index (Phi) is 7.16. The summed E-state index contributed by atoms with van der Waals surface area (Å²) in [6.45, 7) is 1.61. The van der Waals surface area contributed by atoms with Crippen molar-refractivity contribution in [1.29, 1.82) is 0 Å². The highest BCUT2D eigenvalue weighted by Crippen LogP contribution is 2.32. The summed E-state index contributed by atoms with van der Waals surface area (Å²) in [5.41, 5.74) is 2.01. The molecule has 30 heavy (non-hydrogen) atoms. The van der Waals surface area contributed by atoms with Crippen LogP contribution in [0.5, 0.6) is 5.75 Å². The average molecular weight is 446 g/mol. The maximum Gasteiger partial charge on any atom is 0.225 e. The topological polar surface area (TPSA) is 55.3 Å². The molecule has 0 N–H and O–H groups in total. The molecule has 7 heteroatoms. The highest BCUT2D eigenvalue weighted by atomic mass is 35.5. The van der Waals surface area contributed by atoms with Gasteiger partial charge >= 0.3 is 0 Å². The largest absolute Gasteiger partial charge is 0.489 e. The van der Waals surface area contributed by atoms with Crippen LogP contribution < -0.4 is 4.74 Å². The van der Waals surface area contributed by atoms with Crippen LogP contribution in [-0.2, 0) is 4.79 Å². The van der Waals surface area contributed by atoms with Gasteiger partial charge in [-0.3, -0.25) is 14.8 Å². The fraction of sp³-hybridized carbons (Fsp3) is 0.348. The van der Waals surface area contributed by atoms with Crippen LogP contribution in [0.25, 0.3) is 22.0 Å². The molecule has 2 aromatic heterocycles. The molecule has 3 aromatic rings. The van der Waals surface area contributed by atoms with E-state index in [9.17, 15) is 4.79 Å². The summed E-state index contributed by atoms with van der Waals surface area (Å²) in [7, 11) is 0. The van der Waals surface area contributed by atoms with Gasteiger partial charge in [0.2, 0.25) is 5.91 Å². The van der Waals surface area contributed by atoms with E-state index in [4.69, 9.17) is 4.74 Å². The Hall–Kier alpha value is -2.37. The summed E-state index contributed by atoms with van der Waals surface area (Å²) in [6, 6.07) is 12.3. The minimum atomic E-state index is 0. The van der Waals surface area contributed by atoms with Crippen LogP contribution in [0.2, 0.25) is 0 Å². The van der Waals surface area contributed by atoms with Gasteiger partial charge in [-0.15, -0.1) is 24.8 Å². The van der Waals surface area contributed by atoms with Gasteiger partial charge in [0, 0.05) is 55.2 Å². The number of hydrogen-bond donors (Lipinski definition) is 0. The number of benzene rings is 1. The smallest absolute Gasteiger partial charge is 0.225 e. The highest BCUT2D eigenvalue weighted by Gasteiger charge is 2.35. The molecule has 1 saturated heterocycles. The molecule has 158 valence electrons. The third kappa shape index (κ3) is 4.85. The molecule has 1 aliphatic carbocycles. The SMILES string of the molecule is Cl.Cl.O=C(C1CC1)N1CCC(Oc2ccc(-c3ccc4cnccc4c3)nc2)CC1. The van der Waals surface area contributed by atoms with E-state index in [0.29, 0.717) is 11.8 Å². The standard InChI is InChI=1S/C23H23N3O2.2ClH/c27-23(16-1-2-16)26-11-8-20(9-12-26)28-21-5-6-22(25-15-21)18-3-4-19-14-24-10-7-17(19)13-18;;/h3-7,10,13-16,20H,1-2,8-9,11-12H2;2*1H. The van der Waals surface area contributed by atoms with Crippen LogP contribution in [0.1, 0.15) is 25.7 Å². The summed E-state index contributed by atoms with van der Waals surface area (Å²) in [5, 5.41) is 2.28. The Balaban J connectivity index is 0.00000128. The predicted molar refractivity (Wildman–Crippen MR) is 122 cm³/mol. The first-order valence-corrected chi connectivity index (χ1v) is 10.0. The average Bonchev–Trinajstić information content (AvgIpc) is 3.59. The lowest BCUT2D eigenvalue weighted by atomic mass is 10.1. The molecule has 0 unspecified atom stereocenters.